The summed E-state index contributed by atoms with van der Waals surface area (Å²) >= 11 is 11.4. The highest BCUT2D eigenvalue weighted by Crippen LogP contribution is 2.40. The van der Waals surface area contributed by atoms with E-state index in [2.05, 4.69) is 0 Å². The molecule has 0 unspecified atom stereocenters. The number of hydrogen-bond acceptors (Lipinski definition) is 3. The Morgan fingerprint density at radius 2 is 1.70 bits per heavy atom. The van der Waals surface area contributed by atoms with Gasteiger partial charge in [-0.05, 0) is 18.2 Å². The van der Waals surface area contributed by atoms with Crippen molar-refractivity contribution in [1.82, 2.24) is 0 Å². The molecule has 0 aliphatic rings. The number of rotatable bonds is 3. The lowest BCUT2D eigenvalue weighted by Crippen LogP contribution is -1.92. The third kappa shape index (κ3) is 2.95. The first-order chi connectivity index (χ1) is 9.50. The highest BCUT2D eigenvalue weighted by Gasteiger charge is 2.13. The lowest BCUT2D eigenvalue weighted by molar-refractivity contribution is 0.104. The molecule has 5 heteroatoms. The van der Waals surface area contributed by atoms with Crippen LogP contribution in [0.1, 0.15) is 15.9 Å². The molecular formula is C15H10Cl2O3. The number of halogens is 2. The van der Waals surface area contributed by atoms with Crippen molar-refractivity contribution in [2.24, 2.45) is 0 Å². The van der Waals surface area contributed by atoms with Gasteiger partial charge in [0.15, 0.2) is 5.78 Å². The van der Waals surface area contributed by atoms with Crippen LogP contribution in [0.15, 0.2) is 42.5 Å². The number of hydrogen-bond donors (Lipinski definition) is 2. The molecule has 102 valence electrons. The Kier molecular flexibility index (Phi) is 4.32. The van der Waals surface area contributed by atoms with Crippen molar-refractivity contribution in [2.45, 2.75) is 0 Å². The zero-order valence-corrected chi connectivity index (χ0v) is 11.7. The second-order valence-corrected chi connectivity index (χ2v) is 4.78. The summed E-state index contributed by atoms with van der Waals surface area (Å²) in [7, 11) is 0. The minimum absolute atomic E-state index is 0.129. The van der Waals surface area contributed by atoms with Crippen LogP contribution in [0.2, 0.25) is 10.0 Å². The van der Waals surface area contributed by atoms with Crippen LogP contribution in [0.5, 0.6) is 11.5 Å². The topological polar surface area (TPSA) is 57.5 Å². The SMILES string of the molecule is O=C(C=Cc1cc(O)c(Cl)c(Cl)c1O)c1ccccc1. The van der Waals surface area contributed by atoms with Gasteiger partial charge >= 0.3 is 0 Å². The quantitative estimate of drug-likeness (QED) is 0.505. The largest absolute Gasteiger partial charge is 0.506 e. The zero-order chi connectivity index (χ0) is 14.7. The van der Waals surface area contributed by atoms with Crippen molar-refractivity contribution in [2.75, 3.05) is 0 Å². The van der Waals surface area contributed by atoms with Gasteiger partial charge in [-0.1, -0.05) is 53.5 Å². The van der Waals surface area contributed by atoms with Gasteiger partial charge < -0.3 is 10.2 Å². The van der Waals surface area contributed by atoms with Crippen LogP contribution in [0.3, 0.4) is 0 Å². The number of phenols is 2. The van der Waals surface area contributed by atoms with E-state index in [-0.39, 0.29) is 32.9 Å². The number of ketones is 1. The third-order valence-electron chi connectivity index (χ3n) is 2.66. The Bertz CT molecular complexity index is 679. The van der Waals surface area contributed by atoms with Crippen molar-refractivity contribution >= 4 is 35.1 Å². The van der Waals surface area contributed by atoms with Gasteiger partial charge in [-0.25, -0.2) is 0 Å². The summed E-state index contributed by atoms with van der Waals surface area (Å²) in [6.07, 6.45) is 2.65. The van der Waals surface area contributed by atoms with Crippen LogP contribution in [-0.4, -0.2) is 16.0 Å². The molecule has 0 radical (unpaired) electrons. The lowest BCUT2D eigenvalue weighted by Gasteiger charge is -2.05. The molecule has 0 atom stereocenters. The van der Waals surface area contributed by atoms with Gasteiger partial charge in [0.1, 0.15) is 21.5 Å². The standard InChI is InChI=1S/C15H10Cl2O3/c16-13-12(19)8-10(15(20)14(13)17)6-7-11(18)9-4-2-1-3-5-9/h1-8,19-20H. The minimum atomic E-state index is -0.286. The van der Waals surface area contributed by atoms with Crippen molar-refractivity contribution in [3.63, 3.8) is 0 Å². The van der Waals surface area contributed by atoms with Gasteiger partial charge in [0, 0.05) is 11.1 Å². The second-order valence-electron chi connectivity index (χ2n) is 4.03. The van der Waals surface area contributed by atoms with Crippen LogP contribution in [0.25, 0.3) is 6.08 Å². The fraction of sp³-hybridized carbons (Fsp3) is 0. The zero-order valence-electron chi connectivity index (χ0n) is 10.2. The number of carbonyl (C=O) groups is 1. The molecule has 0 spiro atoms. The monoisotopic (exact) mass is 308 g/mol. The summed E-state index contributed by atoms with van der Waals surface area (Å²) in [5.41, 5.74) is 0.730. The van der Waals surface area contributed by atoms with Crippen molar-refractivity contribution in [3.8, 4) is 11.5 Å². The molecule has 20 heavy (non-hydrogen) atoms. The third-order valence-corrected chi connectivity index (χ3v) is 3.51. The number of aromatic hydroxyl groups is 2. The molecule has 0 saturated heterocycles. The maximum Gasteiger partial charge on any atom is 0.185 e. The highest BCUT2D eigenvalue weighted by molar-refractivity contribution is 6.44. The van der Waals surface area contributed by atoms with E-state index in [1.165, 1.54) is 18.2 Å². The summed E-state index contributed by atoms with van der Waals surface area (Å²) in [5.74, 6) is -0.775. The molecule has 0 saturated carbocycles. The Balaban J connectivity index is 2.31. The lowest BCUT2D eigenvalue weighted by atomic mass is 10.1. The summed E-state index contributed by atoms with van der Waals surface area (Å²) < 4.78 is 0. The van der Waals surface area contributed by atoms with E-state index in [4.69, 9.17) is 23.2 Å². The van der Waals surface area contributed by atoms with E-state index in [9.17, 15) is 15.0 Å². The van der Waals surface area contributed by atoms with Crippen LogP contribution < -0.4 is 0 Å². The van der Waals surface area contributed by atoms with Crippen molar-refractivity contribution < 1.29 is 15.0 Å². The summed E-state index contributed by atoms with van der Waals surface area (Å²) in [4.78, 5) is 11.9. The molecule has 2 aromatic carbocycles. The molecule has 0 fully saturated rings. The van der Waals surface area contributed by atoms with E-state index in [0.29, 0.717) is 5.56 Å². The van der Waals surface area contributed by atoms with Gasteiger partial charge in [0.25, 0.3) is 0 Å². The molecule has 0 bridgehead atoms. The van der Waals surface area contributed by atoms with Gasteiger partial charge in [0.05, 0.1) is 0 Å². The predicted molar refractivity (Wildman–Crippen MR) is 79.6 cm³/mol. The average molecular weight is 309 g/mol. The molecular weight excluding hydrogens is 299 g/mol. The molecule has 2 N–H and O–H groups in total. The van der Waals surface area contributed by atoms with Crippen molar-refractivity contribution in [1.29, 1.82) is 0 Å². The molecule has 0 aromatic heterocycles. The van der Waals surface area contributed by atoms with Crippen LogP contribution in [0, 0.1) is 0 Å². The Morgan fingerprint density at radius 3 is 2.35 bits per heavy atom. The minimum Gasteiger partial charge on any atom is -0.506 e. The molecule has 0 aliphatic carbocycles. The molecule has 3 nitrogen and oxygen atoms in total. The first-order valence-electron chi connectivity index (χ1n) is 5.68. The first kappa shape index (κ1) is 14.4. The van der Waals surface area contributed by atoms with Crippen LogP contribution in [-0.2, 0) is 0 Å². The smallest absolute Gasteiger partial charge is 0.185 e. The van der Waals surface area contributed by atoms with E-state index >= 15 is 0 Å². The normalized spacial score (nSPS) is 10.9. The van der Waals surface area contributed by atoms with E-state index in [1.54, 1.807) is 24.3 Å². The van der Waals surface area contributed by atoms with Crippen LogP contribution >= 0.6 is 23.2 Å². The van der Waals surface area contributed by atoms with E-state index < -0.39 is 0 Å². The molecule has 0 aliphatic heterocycles. The molecule has 2 rings (SSSR count). The second kappa shape index (κ2) is 5.99. The maximum absolute atomic E-state index is 11.9. The fourth-order valence-electron chi connectivity index (χ4n) is 1.61. The fourth-order valence-corrected chi connectivity index (χ4v) is 1.96. The van der Waals surface area contributed by atoms with Gasteiger partial charge in [-0.3, -0.25) is 4.79 Å². The molecule has 0 heterocycles. The Labute approximate surface area is 125 Å². The summed E-state index contributed by atoms with van der Waals surface area (Å²) in [5, 5.41) is 19.1. The van der Waals surface area contributed by atoms with Gasteiger partial charge in [0.2, 0.25) is 0 Å². The Hall–Kier alpha value is -1.97. The molecule has 2 aromatic rings. The summed E-state index contributed by atoms with van der Waals surface area (Å²) in [6.45, 7) is 0. The number of carbonyl (C=O) groups excluding carboxylic acids is 1. The van der Waals surface area contributed by atoms with Crippen molar-refractivity contribution in [3.05, 3.63) is 63.6 Å². The predicted octanol–water partition coefficient (Wildman–Crippen LogP) is 4.30. The van der Waals surface area contributed by atoms with E-state index in [1.807, 2.05) is 6.07 Å². The van der Waals surface area contributed by atoms with Gasteiger partial charge in [-0.2, -0.15) is 0 Å². The van der Waals surface area contributed by atoms with Crippen LogP contribution in [0.4, 0.5) is 0 Å². The summed E-state index contributed by atoms with van der Waals surface area (Å²) in [6, 6.07) is 9.91. The van der Waals surface area contributed by atoms with Gasteiger partial charge in [-0.15, -0.1) is 0 Å². The van der Waals surface area contributed by atoms with E-state index in [0.717, 1.165) is 0 Å². The Morgan fingerprint density at radius 1 is 1.05 bits per heavy atom. The number of phenolic OH excluding ortho intramolecular Hbond substituents is 2. The maximum atomic E-state index is 11.9. The number of allylic oxidation sites excluding steroid dienone is 1. The molecule has 0 amide bonds. The first-order valence-corrected chi connectivity index (χ1v) is 6.43. The highest BCUT2D eigenvalue weighted by atomic mass is 35.5. The number of benzene rings is 2. The average Bonchev–Trinajstić information content (AvgIpc) is 2.48.